The molecule has 0 bridgehead atoms. The molecule has 0 saturated carbocycles. The van der Waals surface area contributed by atoms with E-state index in [-0.39, 0.29) is 18.4 Å². The number of ether oxygens (including phenoxy) is 1. The first-order valence-electron chi connectivity index (χ1n) is 8.64. The minimum Gasteiger partial charge on any atom is -0.497 e. The summed E-state index contributed by atoms with van der Waals surface area (Å²) in [5.74, 6) is 1.48. The van der Waals surface area contributed by atoms with Gasteiger partial charge in [0.05, 0.1) is 25.3 Å². The largest absolute Gasteiger partial charge is 0.497 e. The Morgan fingerprint density at radius 1 is 1.28 bits per heavy atom. The summed E-state index contributed by atoms with van der Waals surface area (Å²) in [6.45, 7) is 8.43. The summed E-state index contributed by atoms with van der Waals surface area (Å²) in [5, 5.41) is 6.89. The minimum absolute atomic E-state index is 0.0565. The summed E-state index contributed by atoms with van der Waals surface area (Å²) in [7, 11) is 1.66. The van der Waals surface area contributed by atoms with E-state index in [1.54, 1.807) is 13.2 Å². The van der Waals surface area contributed by atoms with Gasteiger partial charge in [-0.05, 0) is 37.7 Å². The Balaban J connectivity index is 2.03. The first-order valence-corrected chi connectivity index (χ1v) is 8.64. The highest BCUT2D eigenvalue weighted by Crippen LogP contribution is 2.22. The molecule has 1 unspecified atom stereocenters. The van der Waals surface area contributed by atoms with Crippen molar-refractivity contribution in [1.29, 1.82) is 0 Å². The van der Waals surface area contributed by atoms with E-state index >= 15 is 0 Å². The predicted molar refractivity (Wildman–Crippen MR) is 96.6 cm³/mol. The molecule has 2 rings (SSSR count). The van der Waals surface area contributed by atoms with Crippen molar-refractivity contribution in [2.24, 2.45) is 0 Å². The number of hydrogen-bond acceptors (Lipinski definition) is 5. The molecule has 0 aliphatic carbocycles. The lowest BCUT2D eigenvalue weighted by Crippen LogP contribution is -2.38. The van der Waals surface area contributed by atoms with Gasteiger partial charge in [-0.1, -0.05) is 31.1 Å². The number of nitrogens with zero attached hydrogens (tertiary/aromatic N) is 2. The van der Waals surface area contributed by atoms with Gasteiger partial charge in [-0.3, -0.25) is 9.69 Å². The van der Waals surface area contributed by atoms with Gasteiger partial charge < -0.3 is 14.6 Å². The van der Waals surface area contributed by atoms with Gasteiger partial charge in [0.15, 0.2) is 0 Å². The van der Waals surface area contributed by atoms with Crippen LogP contribution in [-0.2, 0) is 11.2 Å². The van der Waals surface area contributed by atoms with Crippen LogP contribution in [0.1, 0.15) is 36.9 Å². The van der Waals surface area contributed by atoms with Crippen LogP contribution < -0.4 is 10.1 Å². The van der Waals surface area contributed by atoms with E-state index in [0.29, 0.717) is 18.0 Å². The maximum Gasteiger partial charge on any atom is 0.226 e. The van der Waals surface area contributed by atoms with Gasteiger partial charge in [0.25, 0.3) is 0 Å². The second-order valence-corrected chi connectivity index (χ2v) is 5.92. The van der Waals surface area contributed by atoms with Crippen LogP contribution in [0.5, 0.6) is 5.75 Å². The van der Waals surface area contributed by atoms with E-state index in [1.165, 1.54) is 0 Å². The average Bonchev–Trinajstić information content (AvgIpc) is 3.03. The van der Waals surface area contributed by atoms with Crippen molar-refractivity contribution in [3.63, 3.8) is 0 Å². The number of benzene rings is 1. The van der Waals surface area contributed by atoms with Crippen molar-refractivity contribution in [2.45, 2.75) is 33.2 Å². The number of methoxy groups -OCH3 is 1. The summed E-state index contributed by atoms with van der Waals surface area (Å²) in [6, 6.07) is 9.90. The summed E-state index contributed by atoms with van der Waals surface area (Å²) < 4.78 is 10.2. The van der Waals surface area contributed by atoms with Crippen LogP contribution in [0.2, 0.25) is 0 Å². The molecule has 1 atom stereocenters. The lowest BCUT2D eigenvalue weighted by molar-refractivity contribution is -0.120. The van der Waals surface area contributed by atoms with E-state index in [1.807, 2.05) is 19.1 Å². The lowest BCUT2D eigenvalue weighted by atomic mass is 10.0. The number of aromatic nitrogens is 1. The summed E-state index contributed by atoms with van der Waals surface area (Å²) in [6.07, 6.45) is 0.227. The molecule has 1 aromatic heterocycles. The fourth-order valence-electron chi connectivity index (χ4n) is 2.89. The molecule has 2 aromatic rings. The van der Waals surface area contributed by atoms with E-state index in [2.05, 4.69) is 41.4 Å². The predicted octanol–water partition coefficient (Wildman–Crippen LogP) is 2.73. The average molecular weight is 345 g/mol. The second-order valence-electron chi connectivity index (χ2n) is 5.92. The maximum atomic E-state index is 12.2. The van der Waals surface area contributed by atoms with Crippen LogP contribution in [0, 0.1) is 6.92 Å². The van der Waals surface area contributed by atoms with Crippen LogP contribution in [0.4, 0.5) is 0 Å². The van der Waals surface area contributed by atoms with Crippen molar-refractivity contribution in [3.05, 3.63) is 47.3 Å². The molecule has 0 aliphatic heterocycles. The Hall–Kier alpha value is -2.34. The maximum absolute atomic E-state index is 12.2. The van der Waals surface area contributed by atoms with Gasteiger partial charge in [-0.2, -0.15) is 0 Å². The Morgan fingerprint density at radius 3 is 2.48 bits per heavy atom. The Kier molecular flexibility index (Phi) is 7.01. The molecular weight excluding hydrogens is 318 g/mol. The third kappa shape index (κ3) is 5.32. The molecule has 25 heavy (non-hydrogen) atoms. The number of nitrogens with one attached hydrogen (secondary N) is 1. The molecule has 0 spiro atoms. The van der Waals surface area contributed by atoms with Gasteiger partial charge in [0.2, 0.25) is 5.91 Å². The third-order valence-corrected chi connectivity index (χ3v) is 4.26. The van der Waals surface area contributed by atoms with E-state index < -0.39 is 0 Å². The van der Waals surface area contributed by atoms with Crippen molar-refractivity contribution in [2.75, 3.05) is 26.7 Å². The first kappa shape index (κ1) is 19.0. The van der Waals surface area contributed by atoms with Gasteiger partial charge in [-0.25, -0.2) is 0 Å². The SMILES string of the molecule is CCN(CC)C(CNC(=O)Cc1cc(C)on1)c1ccc(OC)cc1. The number of likely N-dealkylation sites (N-methyl/N-ethyl adjacent to an activating group) is 1. The fourth-order valence-corrected chi connectivity index (χ4v) is 2.89. The molecule has 0 fully saturated rings. The van der Waals surface area contributed by atoms with Gasteiger partial charge in [0, 0.05) is 12.6 Å². The highest BCUT2D eigenvalue weighted by atomic mass is 16.5. The highest BCUT2D eigenvalue weighted by molar-refractivity contribution is 5.78. The molecule has 1 heterocycles. The fraction of sp³-hybridized carbons (Fsp3) is 0.474. The van der Waals surface area contributed by atoms with Gasteiger partial charge >= 0.3 is 0 Å². The molecule has 1 amide bonds. The second kappa shape index (κ2) is 9.22. The Morgan fingerprint density at radius 2 is 1.96 bits per heavy atom. The zero-order chi connectivity index (χ0) is 18.2. The van der Waals surface area contributed by atoms with Crippen molar-refractivity contribution < 1.29 is 14.1 Å². The van der Waals surface area contributed by atoms with E-state index in [9.17, 15) is 4.79 Å². The number of rotatable bonds is 9. The molecule has 136 valence electrons. The molecule has 0 aliphatic rings. The van der Waals surface area contributed by atoms with Crippen molar-refractivity contribution in [3.8, 4) is 5.75 Å². The summed E-state index contributed by atoms with van der Waals surface area (Å²) in [5.41, 5.74) is 1.81. The number of aryl methyl sites for hydroxylation is 1. The monoisotopic (exact) mass is 345 g/mol. The van der Waals surface area contributed by atoms with Crippen molar-refractivity contribution in [1.82, 2.24) is 15.4 Å². The number of carbonyl (C=O) groups excluding carboxylic acids is 1. The van der Waals surface area contributed by atoms with E-state index in [4.69, 9.17) is 9.26 Å². The van der Waals surface area contributed by atoms with Crippen LogP contribution in [0.25, 0.3) is 0 Å². The lowest BCUT2D eigenvalue weighted by Gasteiger charge is -2.30. The third-order valence-electron chi connectivity index (χ3n) is 4.26. The Bertz CT molecular complexity index is 663. The van der Waals surface area contributed by atoms with Crippen LogP contribution in [0.15, 0.2) is 34.9 Å². The Labute approximate surface area is 149 Å². The standard InChI is InChI=1S/C19H27N3O3/c1-5-22(6-2)18(15-7-9-17(24-4)10-8-15)13-20-19(23)12-16-11-14(3)25-21-16/h7-11,18H,5-6,12-13H2,1-4H3,(H,20,23). The first-order chi connectivity index (χ1) is 12.1. The normalized spacial score (nSPS) is 12.2. The van der Waals surface area contributed by atoms with Crippen LogP contribution >= 0.6 is 0 Å². The number of hydrogen-bond donors (Lipinski definition) is 1. The van der Waals surface area contributed by atoms with Crippen LogP contribution in [0.3, 0.4) is 0 Å². The zero-order valence-corrected chi connectivity index (χ0v) is 15.4. The quantitative estimate of drug-likeness (QED) is 0.757. The van der Waals surface area contributed by atoms with E-state index in [0.717, 1.165) is 24.4 Å². The highest BCUT2D eigenvalue weighted by Gasteiger charge is 2.19. The zero-order valence-electron chi connectivity index (χ0n) is 15.4. The molecule has 1 N–H and O–H groups in total. The van der Waals surface area contributed by atoms with Gasteiger partial charge in [-0.15, -0.1) is 0 Å². The minimum atomic E-state index is -0.0565. The number of carbonyl (C=O) groups is 1. The topological polar surface area (TPSA) is 67.6 Å². The molecule has 6 heteroatoms. The molecule has 6 nitrogen and oxygen atoms in total. The molecule has 1 aromatic carbocycles. The number of amides is 1. The molecule has 0 radical (unpaired) electrons. The molecular formula is C19H27N3O3. The van der Waals surface area contributed by atoms with Crippen LogP contribution in [-0.4, -0.2) is 42.7 Å². The summed E-state index contributed by atoms with van der Waals surface area (Å²) in [4.78, 5) is 14.5. The van der Waals surface area contributed by atoms with Crippen molar-refractivity contribution >= 4 is 5.91 Å². The van der Waals surface area contributed by atoms with Gasteiger partial charge in [0.1, 0.15) is 11.5 Å². The summed E-state index contributed by atoms with van der Waals surface area (Å²) >= 11 is 0. The smallest absolute Gasteiger partial charge is 0.226 e. The molecule has 0 saturated heterocycles.